The third-order valence-corrected chi connectivity index (χ3v) is 5.00. The smallest absolute Gasteiger partial charge is 0.351 e. The quantitative estimate of drug-likeness (QED) is 0.387. The van der Waals surface area contributed by atoms with Crippen LogP contribution >= 0.6 is 0 Å². The average molecular weight is 428 g/mol. The molecule has 0 spiro atoms. The van der Waals surface area contributed by atoms with Crippen molar-refractivity contribution < 1.29 is 23.4 Å². The van der Waals surface area contributed by atoms with Crippen molar-refractivity contribution in [1.29, 1.82) is 5.26 Å². The zero-order chi connectivity index (χ0) is 22.5. The Labute approximate surface area is 184 Å². The van der Waals surface area contributed by atoms with E-state index >= 15 is 0 Å². The SMILES string of the molecule is COC(=O)C(Oc1cc(OCc2ccc3ocnc3c2)ccc1C#N)c1ccccc1C. The molecule has 4 rings (SSSR count). The molecular weight excluding hydrogens is 408 g/mol. The first-order chi connectivity index (χ1) is 15.6. The summed E-state index contributed by atoms with van der Waals surface area (Å²) in [5, 5.41) is 9.53. The maximum Gasteiger partial charge on any atom is 0.351 e. The van der Waals surface area contributed by atoms with Gasteiger partial charge < -0.3 is 18.6 Å². The molecule has 0 aliphatic heterocycles. The van der Waals surface area contributed by atoms with E-state index in [1.165, 1.54) is 13.5 Å². The molecule has 0 saturated carbocycles. The van der Waals surface area contributed by atoms with Gasteiger partial charge in [0.2, 0.25) is 6.10 Å². The van der Waals surface area contributed by atoms with Gasteiger partial charge in [-0.1, -0.05) is 30.3 Å². The number of fused-ring (bicyclic) bond motifs is 1. The Bertz CT molecular complexity index is 1310. The lowest BCUT2D eigenvalue weighted by molar-refractivity contribution is -0.149. The van der Waals surface area contributed by atoms with E-state index in [0.29, 0.717) is 16.9 Å². The molecule has 0 amide bonds. The van der Waals surface area contributed by atoms with Gasteiger partial charge in [-0.25, -0.2) is 9.78 Å². The lowest BCUT2D eigenvalue weighted by Crippen LogP contribution is -2.21. The number of ether oxygens (including phenoxy) is 3. The fourth-order valence-corrected chi connectivity index (χ4v) is 3.30. The van der Waals surface area contributed by atoms with Crippen LogP contribution in [-0.4, -0.2) is 18.1 Å². The monoisotopic (exact) mass is 428 g/mol. The summed E-state index contributed by atoms with van der Waals surface area (Å²) in [6, 6.07) is 19.9. The van der Waals surface area contributed by atoms with Crippen LogP contribution in [0.15, 0.2) is 71.5 Å². The molecule has 1 aromatic heterocycles. The highest BCUT2D eigenvalue weighted by Gasteiger charge is 2.26. The van der Waals surface area contributed by atoms with Crippen LogP contribution in [0, 0.1) is 18.3 Å². The first-order valence-corrected chi connectivity index (χ1v) is 9.88. The van der Waals surface area contributed by atoms with Crippen molar-refractivity contribution in [2.45, 2.75) is 19.6 Å². The lowest BCUT2D eigenvalue weighted by atomic mass is 10.0. The van der Waals surface area contributed by atoms with Crippen LogP contribution in [0.25, 0.3) is 11.1 Å². The highest BCUT2D eigenvalue weighted by atomic mass is 16.6. The molecule has 1 unspecified atom stereocenters. The van der Waals surface area contributed by atoms with E-state index in [9.17, 15) is 10.1 Å². The van der Waals surface area contributed by atoms with Crippen LogP contribution in [0.4, 0.5) is 0 Å². The molecule has 1 heterocycles. The van der Waals surface area contributed by atoms with E-state index in [0.717, 1.165) is 16.6 Å². The number of nitrogens with zero attached hydrogens (tertiary/aromatic N) is 2. The molecule has 1 atom stereocenters. The Morgan fingerprint density at radius 1 is 1.16 bits per heavy atom. The van der Waals surface area contributed by atoms with Gasteiger partial charge in [-0.05, 0) is 42.3 Å². The number of benzene rings is 3. The summed E-state index contributed by atoms with van der Waals surface area (Å²) >= 11 is 0. The predicted octanol–water partition coefficient (Wildman–Crippen LogP) is 4.88. The fraction of sp³-hybridized carbons (Fsp3) is 0.160. The van der Waals surface area contributed by atoms with E-state index in [4.69, 9.17) is 18.6 Å². The van der Waals surface area contributed by atoms with Gasteiger partial charge in [-0.3, -0.25) is 0 Å². The number of aryl methyl sites for hydroxylation is 1. The normalized spacial score (nSPS) is 11.5. The van der Waals surface area contributed by atoms with Gasteiger partial charge in [0, 0.05) is 11.6 Å². The van der Waals surface area contributed by atoms with Crippen molar-refractivity contribution in [3.63, 3.8) is 0 Å². The van der Waals surface area contributed by atoms with Gasteiger partial charge in [-0.2, -0.15) is 5.26 Å². The molecule has 4 aromatic rings. The first-order valence-electron chi connectivity index (χ1n) is 9.88. The molecule has 0 saturated heterocycles. The second kappa shape index (κ2) is 9.23. The first kappa shape index (κ1) is 20.9. The van der Waals surface area contributed by atoms with Crippen LogP contribution in [0.3, 0.4) is 0 Å². The van der Waals surface area contributed by atoms with Crippen LogP contribution in [0.5, 0.6) is 11.5 Å². The second-order valence-corrected chi connectivity index (χ2v) is 7.09. The van der Waals surface area contributed by atoms with Gasteiger partial charge in [0.25, 0.3) is 0 Å². The Balaban J connectivity index is 1.58. The standard InChI is InChI=1S/C25H20N2O5/c1-16-5-3-4-6-20(16)24(25(28)29-2)32-23-12-19(9-8-18(23)13-26)30-14-17-7-10-22-21(11-17)27-15-31-22/h3-12,15,24H,14H2,1-2H3. The van der Waals surface area contributed by atoms with Gasteiger partial charge >= 0.3 is 5.97 Å². The minimum Gasteiger partial charge on any atom is -0.489 e. The lowest BCUT2D eigenvalue weighted by Gasteiger charge is -2.20. The zero-order valence-corrected chi connectivity index (χ0v) is 17.6. The summed E-state index contributed by atoms with van der Waals surface area (Å²) in [4.78, 5) is 16.6. The molecule has 32 heavy (non-hydrogen) atoms. The highest BCUT2D eigenvalue weighted by molar-refractivity contribution is 5.77. The van der Waals surface area contributed by atoms with Crippen molar-refractivity contribution >= 4 is 17.1 Å². The summed E-state index contributed by atoms with van der Waals surface area (Å²) < 4.78 is 22.1. The number of methoxy groups -OCH3 is 1. The zero-order valence-electron chi connectivity index (χ0n) is 17.6. The van der Waals surface area contributed by atoms with Gasteiger partial charge in [0.15, 0.2) is 12.0 Å². The molecule has 0 aliphatic rings. The van der Waals surface area contributed by atoms with Crippen LogP contribution in [0.1, 0.15) is 28.4 Å². The largest absolute Gasteiger partial charge is 0.489 e. The predicted molar refractivity (Wildman–Crippen MR) is 116 cm³/mol. The highest BCUT2D eigenvalue weighted by Crippen LogP contribution is 2.31. The van der Waals surface area contributed by atoms with E-state index in [1.54, 1.807) is 24.3 Å². The Morgan fingerprint density at radius 3 is 2.78 bits per heavy atom. The molecule has 0 radical (unpaired) electrons. The van der Waals surface area contributed by atoms with Gasteiger partial charge in [-0.15, -0.1) is 0 Å². The molecule has 3 aromatic carbocycles. The van der Waals surface area contributed by atoms with Crippen LogP contribution in [0.2, 0.25) is 0 Å². The Kier molecular flexibility index (Phi) is 6.04. The summed E-state index contributed by atoms with van der Waals surface area (Å²) in [5.41, 5.74) is 4.17. The number of carbonyl (C=O) groups is 1. The van der Waals surface area contributed by atoms with E-state index in [1.807, 2.05) is 43.3 Å². The van der Waals surface area contributed by atoms with E-state index < -0.39 is 12.1 Å². The Morgan fingerprint density at radius 2 is 2.00 bits per heavy atom. The summed E-state index contributed by atoms with van der Waals surface area (Å²) in [6.07, 6.45) is 0.379. The van der Waals surface area contributed by atoms with E-state index in [2.05, 4.69) is 11.1 Å². The second-order valence-electron chi connectivity index (χ2n) is 7.09. The molecular formula is C25H20N2O5. The number of aromatic nitrogens is 1. The topological polar surface area (TPSA) is 94.6 Å². The van der Waals surface area contributed by atoms with Gasteiger partial charge in [0.1, 0.15) is 29.7 Å². The number of hydrogen-bond acceptors (Lipinski definition) is 7. The third kappa shape index (κ3) is 4.40. The van der Waals surface area contributed by atoms with Gasteiger partial charge in [0.05, 0.1) is 12.7 Å². The van der Waals surface area contributed by atoms with Crippen molar-refractivity contribution in [3.05, 3.63) is 89.3 Å². The van der Waals surface area contributed by atoms with Crippen molar-refractivity contribution in [2.75, 3.05) is 7.11 Å². The summed E-state index contributed by atoms with van der Waals surface area (Å²) in [6.45, 7) is 2.16. The molecule has 0 N–H and O–H groups in total. The number of oxazole rings is 1. The summed E-state index contributed by atoms with van der Waals surface area (Å²) in [7, 11) is 1.30. The number of rotatable bonds is 7. The van der Waals surface area contributed by atoms with Crippen LogP contribution in [-0.2, 0) is 16.1 Å². The maximum absolute atomic E-state index is 12.5. The molecule has 0 fully saturated rings. The molecule has 7 heteroatoms. The third-order valence-electron chi connectivity index (χ3n) is 5.00. The number of nitriles is 1. The Hall–Kier alpha value is -4.31. The molecule has 0 bridgehead atoms. The average Bonchev–Trinajstić information content (AvgIpc) is 3.29. The maximum atomic E-state index is 12.5. The fourth-order valence-electron chi connectivity index (χ4n) is 3.30. The number of hydrogen-bond donors (Lipinski definition) is 0. The summed E-state index contributed by atoms with van der Waals surface area (Å²) in [5.74, 6) is 0.165. The van der Waals surface area contributed by atoms with E-state index in [-0.39, 0.29) is 17.9 Å². The van der Waals surface area contributed by atoms with Crippen LogP contribution < -0.4 is 9.47 Å². The molecule has 0 aliphatic carbocycles. The minimum absolute atomic E-state index is 0.232. The van der Waals surface area contributed by atoms with Crippen molar-refractivity contribution in [1.82, 2.24) is 4.98 Å². The molecule has 7 nitrogen and oxygen atoms in total. The van der Waals surface area contributed by atoms with Crippen molar-refractivity contribution in [2.24, 2.45) is 0 Å². The number of esters is 1. The minimum atomic E-state index is -1.02. The molecule has 160 valence electrons. The van der Waals surface area contributed by atoms with Crippen molar-refractivity contribution in [3.8, 4) is 17.6 Å². The number of carbonyl (C=O) groups excluding carboxylic acids is 1.